The maximum Gasteiger partial charge on any atom is 0.221 e. The Morgan fingerprint density at radius 3 is 2.90 bits per heavy atom. The van der Waals surface area contributed by atoms with Crippen molar-refractivity contribution in [3.63, 3.8) is 0 Å². The van der Waals surface area contributed by atoms with Crippen LogP contribution in [-0.2, 0) is 17.2 Å². The van der Waals surface area contributed by atoms with E-state index in [2.05, 4.69) is 15.3 Å². The van der Waals surface area contributed by atoms with Crippen molar-refractivity contribution >= 4 is 28.7 Å². The molecule has 0 aliphatic rings. The first-order chi connectivity index (χ1) is 9.51. The third kappa shape index (κ3) is 3.28. The Labute approximate surface area is 123 Å². The van der Waals surface area contributed by atoms with Crippen LogP contribution in [0.25, 0.3) is 11.2 Å². The Hall–Kier alpha value is -1.62. The highest BCUT2D eigenvalue weighted by molar-refractivity contribution is 6.16. The molecule has 2 rings (SSSR count). The fraction of sp³-hybridized carbons (Fsp3) is 0.500. The highest BCUT2D eigenvalue weighted by Gasteiger charge is 2.13. The van der Waals surface area contributed by atoms with Crippen LogP contribution in [0.2, 0.25) is 0 Å². The maximum absolute atomic E-state index is 11.7. The lowest BCUT2D eigenvalue weighted by Crippen LogP contribution is -2.30. The van der Waals surface area contributed by atoms with Gasteiger partial charge >= 0.3 is 0 Å². The number of imidazole rings is 1. The molecular formula is C14H19ClN4O. The number of carbonyl (C=O) groups is 1. The lowest BCUT2D eigenvalue weighted by Gasteiger charge is -2.10. The van der Waals surface area contributed by atoms with Gasteiger partial charge in [0, 0.05) is 25.2 Å². The van der Waals surface area contributed by atoms with Crippen LogP contribution in [0.15, 0.2) is 12.3 Å². The average molecular weight is 295 g/mol. The number of nitrogens with one attached hydrogen (secondary N) is 1. The Balaban J connectivity index is 2.22. The number of halogens is 1. The minimum atomic E-state index is 0.0227. The van der Waals surface area contributed by atoms with E-state index < -0.39 is 0 Å². The van der Waals surface area contributed by atoms with Crippen molar-refractivity contribution in [3.8, 4) is 0 Å². The van der Waals surface area contributed by atoms with Gasteiger partial charge in [0.15, 0.2) is 5.65 Å². The number of rotatable bonds is 5. The largest absolute Gasteiger partial charge is 0.354 e. The van der Waals surface area contributed by atoms with E-state index in [1.165, 1.54) is 0 Å². The van der Waals surface area contributed by atoms with E-state index in [1.807, 2.05) is 31.4 Å². The quantitative estimate of drug-likeness (QED) is 0.862. The van der Waals surface area contributed by atoms with Crippen LogP contribution in [0.1, 0.15) is 31.7 Å². The third-order valence-corrected chi connectivity index (χ3v) is 3.17. The molecule has 0 atom stereocenters. The number of pyridine rings is 1. The molecule has 0 unspecified atom stereocenters. The minimum Gasteiger partial charge on any atom is -0.354 e. The van der Waals surface area contributed by atoms with Gasteiger partial charge in [0.25, 0.3) is 0 Å². The standard InChI is InChI=1S/C14H19ClN4O/c1-9(2)17-13(20)4-5-19-12(7-15)18-11-6-10(3)8-16-14(11)19/h6,8-9H,4-5,7H2,1-3H3,(H,17,20). The summed E-state index contributed by atoms with van der Waals surface area (Å²) in [6.45, 7) is 6.40. The van der Waals surface area contributed by atoms with Gasteiger partial charge in [0.2, 0.25) is 5.91 Å². The second kappa shape index (κ2) is 6.22. The van der Waals surface area contributed by atoms with Gasteiger partial charge in [0.05, 0.1) is 5.88 Å². The molecule has 108 valence electrons. The van der Waals surface area contributed by atoms with Crippen molar-refractivity contribution in [3.05, 3.63) is 23.7 Å². The minimum absolute atomic E-state index is 0.0227. The third-order valence-electron chi connectivity index (χ3n) is 2.93. The zero-order chi connectivity index (χ0) is 14.7. The van der Waals surface area contributed by atoms with Crippen LogP contribution < -0.4 is 5.32 Å². The van der Waals surface area contributed by atoms with Crippen LogP contribution >= 0.6 is 11.6 Å². The van der Waals surface area contributed by atoms with Gasteiger partial charge in [-0.2, -0.15) is 0 Å². The topological polar surface area (TPSA) is 59.8 Å². The first-order valence-corrected chi connectivity index (χ1v) is 7.21. The number of carbonyl (C=O) groups excluding carboxylic acids is 1. The van der Waals surface area contributed by atoms with E-state index in [-0.39, 0.29) is 11.9 Å². The number of aromatic nitrogens is 3. The Kier molecular flexibility index (Phi) is 4.60. The van der Waals surface area contributed by atoms with Crippen molar-refractivity contribution in [2.45, 2.75) is 45.7 Å². The summed E-state index contributed by atoms with van der Waals surface area (Å²) in [4.78, 5) is 20.6. The predicted molar refractivity (Wildman–Crippen MR) is 79.7 cm³/mol. The molecule has 0 aromatic carbocycles. The van der Waals surface area contributed by atoms with Crippen LogP contribution in [0.4, 0.5) is 0 Å². The van der Waals surface area contributed by atoms with Gasteiger partial charge in [-0.05, 0) is 32.4 Å². The summed E-state index contributed by atoms with van der Waals surface area (Å²) in [7, 11) is 0. The highest BCUT2D eigenvalue weighted by Crippen LogP contribution is 2.17. The van der Waals surface area contributed by atoms with E-state index in [9.17, 15) is 4.79 Å². The number of alkyl halides is 1. The van der Waals surface area contributed by atoms with Crippen LogP contribution in [0.3, 0.4) is 0 Å². The Morgan fingerprint density at radius 2 is 2.25 bits per heavy atom. The molecule has 2 heterocycles. The van der Waals surface area contributed by atoms with E-state index in [1.54, 1.807) is 6.20 Å². The Bertz CT molecular complexity index is 621. The number of hydrogen-bond acceptors (Lipinski definition) is 3. The van der Waals surface area contributed by atoms with Gasteiger partial charge in [-0.3, -0.25) is 4.79 Å². The van der Waals surface area contributed by atoms with Crippen LogP contribution in [0.5, 0.6) is 0 Å². The Morgan fingerprint density at radius 1 is 1.50 bits per heavy atom. The van der Waals surface area contributed by atoms with Crippen molar-refractivity contribution in [2.24, 2.45) is 0 Å². The molecule has 5 nitrogen and oxygen atoms in total. The van der Waals surface area contributed by atoms with Crippen molar-refractivity contribution < 1.29 is 4.79 Å². The fourth-order valence-electron chi connectivity index (χ4n) is 2.10. The van der Waals surface area contributed by atoms with Crippen LogP contribution in [0, 0.1) is 6.92 Å². The molecule has 0 radical (unpaired) electrons. The summed E-state index contributed by atoms with van der Waals surface area (Å²) >= 11 is 5.93. The SMILES string of the molecule is Cc1cnc2c(c1)nc(CCl)n2CCC(=O)NC(C)C. The summed E-state index contributed by atoms with van der Waals surface area (Å²) in [5.41, 5.74) is 2.66. The monoisotopic (exact) mass is 294 g/mol. The molecule has 2 aromatic heterocycles. The summed E-state index contributed by atoms with van der Waals surface area (Å²) in [6, 6.07) is 2.12. The number of hydrogen-bond donors (Lipinski definition) is 1. The highest BCUT2D eigenvalue weighted by atomic mass is 35.5. The molecule has 6 heteroatoms. The first-order valence-electron chi connectivity index (χ1n) is 6.68. The predicted octanol–water partition coefficient (Wildman–Crippen LogP) is 2.39. The number of fused-ring (bicyclic) bond motifs is 1. The van der Waals surface area contributed by atoms with Gasteiger partial charge in [-0.1, -0.05) is 0 Å². The van der Waals surface area contributed by atoms with E-state index in [0.717, 1.165) is 22.6 Å². The molecule has 0 aliphatic carbocycles. The summed E-state index contributed by atoms with van der Waals surface area (Å²) in [5.74, 6) is 1.08. The van der Waals surface area contributed by atoms with Crippen molar-refractivity contribution in [1.29, 1.82) is 0 Å². The van der Waals surface area contributed by atoms with Crippen molar-refractivity contribution in [2.75, 3.05) is 0 Å². The molecular weight excluding hydrogens is 276 g/mol. The normalized spacial score (nSPS) is 11.2. The molecule has 1 amide bonds. The number of aryl methyl sites for hydroxylation is 2. The smallest absolute Gasteiger partial charge is 0.221 e. The van der Waals surface area contributed by atoms with Gasteiger partial charge in [-0.15, -0.1) is 11.6 Å². The van der Waals surface area contributed by atoms with Gasteiger partial charge in [0.1, 0.15) is 11.3 Å². The van der Waals surface area contributed by atoms with E-state index in [4.69, 9.17) is 11.6 Å². The summed E-state index contributed by atoms with van der Waals surface area (Å²) in [6.07, 6.45) is 2.19. The van der Waals surface area contributed by atoms with Crippen LogP contribution in [-0.4, -0.2) is 26.5 Å². The molecule has 0 spiro atoms. The van der Waals surface area contributed by atoms with E-state index in [0.29, 0.717) is 18.8 Å². The zero-order valence-corrected chi connectivity index (χ0v) is 12.7. The summed E-state index contributed by atoms with van der Waals surface area (Å²) in [5, 5.41) is 2.87. The second-order valence-electron chi connectivity index (χ2n) is 5.14. The fourth-order valence-corrected chi connectivity index (χ4v) is 2.31. The first kappa shape index (κ1) is 14.8. The van der Waals surface area contributed by atoms with Gasteiger partial charge < -0.3 is 9.88 Å². The van der Waals surface area contributed by atoms with Crippen molar-refractivity contribution in [1.82, 2.24) is 19.9 Å². The molecule has 0 bridgehead atoms. The number of amides is 1. The molecule has 0 saturated heterocycles. The second-order valence-corrected chi connectivity index (χ2v) is 5.41. The average Bonchev–Trinajstić information content (AvgIpc) is 2.72. The maximum atomic E-state index is 11.7. The molecule has 20 heavy (non-hydrogen) atoms. The van der Waals surface area contributed by atoms with E-state index >= 15 is 0 Å². The lowest BCUT2D eigenvalue weighted by molar-refractivity contribution is -0.121. The lowest BCUT2D eigenvalue weighted by atomic mass is 10.3. The zero-order valence-electron chi connectivity index (χ0n) is 12.0. The molecule has 0 saturated carbocycles. The summed E-state index contributed by atoms with van der Waals surface area (Å²) < 4.78 is 1.92. The number of nitrogens with zero attached hydrogens (tertiary/aromatic N) is 3. The molecule has 1 N–H and O–H groups in total. The van der Waals surface area contributed by atoms with Gasteiger partial charge in [-0.25, -0.2) is 9.97 Å². The molecule has 0 aliphatic heterocycles. The molecule has 0 fully saturated rings. The molecule has 2 aromatic rings.